The molecule has 0 unspecified atom stereocenters. The van der Waals surface area contributed by atoms with Crippen molar-refractivity contribution in [1.82, 2.24) is 0 Å². The first-order valence-electron chi connectivity index (χ1n) is 7.11. The molecule has 0 heterocycles. The highest BCUT2D eigenvalue weighted by Gasteiger charge is 2.20. The summed E-state index contributed by atoms with van der Waals surface area (Å²) >= 11 is 2.05. The van der Waals surface area contributed by atoms with Crippen LogP contribution in [-0.4, -0.2) is 17.5 Å². The molecule has 0 atom stereocenters. The van der Waals surface area contributed by atoms with E-state index in [0.29, 0.717) is 15.5 Å². The zero-order chi connectivity index (χ0) is 15.3. The minimum Gasteiger partial charge on any atom is -0.368 e. The second-order valence-corrected chi connectivity index (χ2v) is 6.57. The van der Waals surface area contributed by atoms with Gasteiger partial charge in [0.05, 0.1) is 8.49 Å². The monoisotopic (exact) mass is 390 g/mol. The molecule has 1 aromatic carbocycles. The second kappa shape index (κ2) is 7.81. The number of halogens is 1. The van der Waals surface area contributed by atoms with Crippen LogP contribution in [0.25, 0.3) is 0 Å². The predicted octanol–water partition coefficient (Wildman–Crippen LogP) is 4.85. The summed E-state index contributed by atoms with van der Waals surface area (Å²) in [5.41, 5.74) is 1.27. The largest absolute Gasteiger partial charge is 0.368 e. The Morgan fingerprint density at radius 3 is 2.30 bits per heavy atom. The average molecular weight is 390 g/mol. The van der Waals surface area contributed by atoms with E-state index in [-0.39, 0.29) is 10.6 Å². The van der Waals surface area contributed by atoms with Crippen LogP contribution in [0.15, 0.2) is 18.2 Å². The van der Waals surface area contributed by atoms with Gasteiger partial charge in [-0.05, 0) is 53.5 Å². The van der Waals surface area contributed by atoms with E-state index in [9.17, 15) is 10.1 Å². The van der Waals surface area contributed by atoms with Crippen LogP contribution in [0.3, 0.4) is 0 Å². The van der Waals surface area contributed by atoms with Crippen molar-refractivity contribution in [3.05, 3.63) is 31.9 Å². The lowest BCUT2D eigenvalue weighted by molar-refractivity contribution is -0.385. The van der Waals surface area contributed by atoms with Crippen LogP contribution >= 0.6 is 22.6 Å². The molecule has 0 aliphatic heterocycles. The van der Waals surface area contributed by atoms with Crippen LogP contribution in [0, 0.1) is 19.6 Å². The molecule has 0 spiro atoms. The number of benzene rings is 1. The molecule has 1 aromatic rings. The molecule has 0 amide bonds. The van der Waals surface area contributed by atoms with Crippen LogP contribution < -0.4 is 4.90 Å². The third kappa shape index (κ3) is 4.33. The molecule has 0 saturated heterocycles. The quantitative estimate of drug-likeness (QED) is 0.380. The van der Waals surface area contributed by atoms with Crippen molar-refractivity contribution in [1.29, 1.82) is 0 Å². The molecule has 112 valence electrons. The van der Waals surface area contributed by atoms with Crippen molar-refractivity contribution < 1.29 is 4.92 Å². The average Bonchev–Trinajstić information content (AvgIpc) is 2.37. The summed E-state index contributed by atoms with van der Waals surface area (Å²) < 4.78 is 0.699. The normalized spacial score (nSPS) is 11.2. The van der Waals surface area contributed by atoms with E-state index in [0.717, 1.165) is 25.1 Å². The third-order valence-electron chi connectivity index (χ3n) is 3.40. The number of nitrogens with zero attached hydrogens (tertiary/aromatic N) is 2. The standard InChI is InChI=1S/C15H23IN2O2/c1-5-12(6-2)17(10-11(3)4)13-7-8-15(18(19)20)14(16)9-13/h7-9,11-12H,5-6,10H2,1-4H3. The van der Waals surface area contributed by atoms with Crippen LogP contribution in [0.1, 0.15) is 40.5 Å². The molecule has 0 aliphatic rings. The summed E-state index contributed by atoms with van der Waals surface area (Å²) in [5.74, 6) is 0.559. The Morgan fingerprint density at radius 1 is 1.30 bits per heavy atom. The van der Waals surface area contributed by atoms with Crippen molar-refractivity contribution in [3.63, 3.8) is 0 Å². The number of hydrogen-bond donors (Lipinski definition) is 0. The Kier molecular flexibility index (Phi) is 6.71. The van der Waals surface area contributed by atoms with Gasteiger partial charge in [0.15, 0.2) is 0 Å². The zero-order valence-corrected chi connectivity index (χ0v) is 14.8. The topological polar surface area (TPSA) is 46.4 Å². The third-order valence-corrected chi connectivity index (χ3v) is 4.27. The Balaban J connectivity index is 3.13. The van der Waals surface area contributed by atoms with Gasteiger partial charge in [-0.3, -0.25) is 10.1 Å². The van der Waals surface area contributed by atoms with Crippen LogP contribution in [0.4, 0.5) is 11.4 Å². The van der Waals surface area contributed by atoms with Crippen molar-refractivity contribution in [2.24, 2.45) is 5.92 Å². The van der Waals surface area contributed by atoms with Crippen LogP contribution in [-0.2, 0) is 0 Å². The Labute approximate surface area is 134 Å². The molecule has 0 radical (unpaired) electrons. The summed E-state index contributed by atoms with van der Waals surface area (Å²) in [6.07, 6.45) is 2.16. The summed E-state index contributed by atoms with van der Waals surface area (Å²) in [4.78, 5) is 13.0. The number of nitro groups is 1. The summed E-state index contributed by atoms with van der Waals surface area (Å²) in [7, 11) is 0. The van der Waals surface area contributed by atoms with E-state index < -0.39 is 0 Å². The van der Waals surface area contributed by atoms with Gasteiger partial charge in [0.1, 0.15) is 0 Å². The summed E-state index contributed by atoms with van der Waals surface area (Å²) in [5, 5.41) is 10.9. The fourth-order valence-corrected chi connectivity index (χ4v) is 3.11. The van der Waals surface area contributed by atoms with Crippen molar-refractivity contribution >= 4 is 34.0 Å². The Morgan fingerprint density at radius 2 is 1.90 bits per heavy atom. The van der Waals surface area contributed by atoms with Gasteiger partial charge in [-0.2, -0.15) is 0 Å². The van der Waals surface area contributed by atoms with Crippen LogP contribution in [0.2, 0.25) is 0 Å². The number of anilines is 1. The molecule has 0 aliphatic carbocycles. The number of nitro benzene ring substituents is 1. The van der Waals surface area contributed by atoms with Gasteiger partial charge in [0.25, 0.3) is 5.69 Å². The molecule has 0 bridgehead atoms. The van der Waals surface area contributed by atoms with E-state index >= 15 is 0 Å². The first-order chi connectivity index (χ1) is 9.40. The van der Waals surface area contributed by atoms with Crippen LogP contribution in [0.5, 0.6) is 0 Å². The predicted molar refractivity (Wildman–Crippen MR) is 92.4 cm³/mol. The number of rotatable bonds is 7. The maximum atomic E-state index is 10.9. The van der Waals surface area contributed by atoms with Crippen molar-refractivity contribution in [2.75, 3.05) is 11.4 Å². The van der Waals surface area contributed by atoms with Crippen molar-refractivity contribution in [3.8, 4) is 0 Å². The maximum Gasteiger partial charge on any atom is 0.282 e. The zero-order valence-electron chi connectivity index (χ0n) is 12.6. The van der Waals surface area contributed by atoms with E-state index in [1.54, 1.807) is 6.07 Å². The van der Waals surface area contributed by atoms with Gasteiger partial charge < -0.3 is 4.90 Å². The van der Waals surface area contributed by atoms with E-state index in [1.807, 2.05) is 34.7 Å². The number of hydrogen-bond acceptors (Lipinski definition) is 3. The van der Waals surface area contributed by atoms with Gasteiger partial charge in [-0.25, -0.2) is 0 Å². The smallest absolute Gasteiger partial charge is 0.282 e. The minimum atomic E-state index is -0.324. The highest BCUT2D eigenvalue weighted by atomic mass is 127. The molecular weight excluding hydrogens is 367 g/mol. The lowest BCUT2D eigenvalue weighted by Crippen LogP contribution is -2.37. The Hall–Kier alpha value is -0.850. The Bertz CT molecular complexity index is 459. The molecule has 0 N–H and O–H groups in total. The molecule has 1 rings (SSSR count). The first kappa shape index (κ1) is 17.2. The first-order valence-corrected chi connectivity index (χ1v) is 8.19. The molecular formula is C15H23IN2O2. The van der Waals surface area contributed by atoms with Gasteiger partial charge in [-0.1, -0.05) is 27.7 Å². The molecule has 4 nitrogen and oxygen atoms in total. The van der Waals surface area contributed by atoms with E-state index in [2.05, 4.69) is 32.6 Å². The summed E-state index contributed by atoms with van der Waals surface area (Å²) in [6.45, 7) is 9.76. The molecule has 0 fully saturated rings. The molecule has 20 heavy (non-hydrogen) atoms. The van der Waals surface area contributed by atoms with E-state index in [4.69, 9.17) is 0 Å². The maximum absolute atomic E-state index is 10.9. The molecule has 0 aromatic heterocycles. The lowest BCUT2D eigenvalue weighted by Gasteiger charge is -2.34. The SMILES string of the molecule is CCC(CC)N(CC(C)C)c1ccc([N+](=O)[O-])c(I)c1. The fraction of sp³-hybridized carbons (Fsp3) is 0.600. The molecule has 0 saturated carbocycles. The molecule has 5 heteroatoms. The summed E-state index contributed by atoms with van der Waals surface area (Å²) in [6, 6.07) is 5.90. The van der Waals surface area contributed by atoms with Gasteiger partial charge in [0, 0.05) is 24.3 Å². The van der Waals surface area contributed by atoms with Gasteiger partial charge in [0.2, 0.25) is 0 Å². The van der Waals surface area contributed by atoms with Gasteiger partial charge >= 0.3 is 0 Å². The highest BCUT2D eigenvalue weighted by Crippen LogP contribution is 2.29. The van der Waals surface area contributed by atoms with E-state index in [1.165, 1.54) is 0 Å². The van der Waals surface area contributed by atoms with Crippen molar-refractivity contribution in [2.45, 2.75) is 46.6 Å². The fourth-order valence-electron chi connectivity index (χ4n) is 2.41. The second-order valence-electron chi connectivity index (χ2n) is 5.41. The minimum absolute atomic E-state index is 0.184. The van der Waals surface area contributed by atoms with Gasteiger partial charge in [-0.15, -0.1) is 0 Å². The lowest BCUT2D eigenvalue weighted by atomic mass is 10.1. The highest BCUT2D eigenvalue weighted by molar-refractivity contribution is 14.1.